The fraction of sp³-hybridized carbons (Fsp3) is 0. The number of benzene rings is 2. The zero-order valence-corrected chi connectivity index (χ0v) is 10.0. The van der Waals surface area contributed by atoms with Gasteiger partial charge in [-0.3, -0.25) is 4.99 Å². The van der Waals surface area contributed by atoms with E-state index < -0.39 is 0 Å². The molecule has 0 fully saturated rings. The maximum absolute atomic E-state index is 4.46. The second-order valence-electron chi connectivity index (χ2n) is 3.79. The van der Waals surface area contributed by atoms with Gasteiger partial charge in [-0.1, -0.05) is 54.2 Å². The third kappa shape index (κ3) is 2.32. The van der Waals surface area contributed by atoms with Gasteiger partial charge in [0, 0.05) is 16.0 Å². The summed E-state index contributed by atoms with van der Waals surface area (Å²) in [6, 6.07) is 18.5. The highest BCUT2D eigenvalue weighted by molar-refractivity contribution is 8.04. The molecular formula is C15H11NS. The first-order chi connectivity index (χ1) is 8.42. The van der Waals surface area contributed by atoms with Crippen molar-refractivity contribution in [2.75, 3.05) is 0 Å². The molecule has 82 valence electrons. The molecule has 0 N–H and O–H groups in total. The molecule has 3 rings (SSSR count). The Balaban J connectivity index is 1.93. The Hall–Kier alpha value is -1.80. The normalized spacial score (nSPS) is 15.9. The summed E-state index contributed by atoms with van der Waals surface area (Å²) in [5, 5.41) is 0. The highest BCUT2D eigenvalue weighted by Gasteiger charge is 2.08. The Kier molecular flexibility index (Phi) is 2.80. The molecule has 1 heterocycles. The molecule has 0 aromatic heterocycles. The van der Waals surface area contributed by atoms with Gasteiger partial charge in [-0.25, -0.2) is 0 Å². The fourth-order valence-corrected chi connectivity index (χ4v) is 2.64. The van der Waals surface area contributed by atoms with Crippen LogP contribution in [0.15, 0.2) is 69.4 Å². The van der Waals surface area contributed by atoms with Gasteiger partial charge in [0.05, 0.1) is 5.69 Å². The van der Waals surface area contributed by atoms with Crippen molar-refractivity contribution in [3.05, 3.63) is 65.1 Å². The average Bonchev–Trinajstić information content (AvgIpc) is 2.40. The van der Waals surface area contributed by atoms with Crippen molar-refractivity contribution in [2.24, 2.45) is 4.99 Å². The monoisotopic (exact) mass is 237 g/mol. The number of rotatable bonds is 1. The number of fused-ring (bicyclic) bond motifs is 1. The third-order valence-corrected chi connectivity index (χ3v) is 3.56. The summed E-state index contributed by atoms with van der Waals surface area (Å²) < 4.78 is 0. The fourth-order valence-electron chi connectivity index (χ4n) is 1.72. The maximum Gasteiger partial charge on any atom is 0.0769 e. The molecule has 2 heteroatoms. The van der Waals surface area contributed by atoms with Crippen LogP contribution in [-0.4, -0.2) is 6.21 Å². The van der Waals surface area contributed by atoms with Gasteiger partial charge in [0.15, 0.2) is 0 Å². The lowest BCUT2D eigenvalue weighted by atomic mass is 10.2. The number of aliphatic imine (C=N–C) groups is 1. The molecule has 1 aliphatic rings. The van der Waals surface area contributed by atoms with Crippen molar-refractivity contribution in [3.8, 4) is 0 Å². The summed E-state index contributed by atoms with van der Waals surface area (Å²) in [5.41, 5.74) is 2.27. The number of hydrogen-bond donors (Lipinski definition) is 0. The summed E-state index contributed by atoms with van der Waals surface area (Å²) in [7, 11) is 0. The maximum atomic E-state index is 4.46. The van der Waals surface area contributed by atoms with Crippen LogP contribution in [0.1, 0.15) is 5.56 Å². The van der Waals surface area contributed by atoms with Gasteiger partial charge >= 0.3 is 0 Å². The molecule has 0 radical (unpaired) electrons. The Morgan fingerprint density at radius 1 is 0.882 bits per heavy atom. The predicted octanol–water partition coefficient (Wildman–Crippen LogP) is 4.54. The standard InChI is InChI=1S/C15H11NS/c1-2-6-12(7-3-1)10-13-11-16-14-8-4-5-9-15(14)17-13/h1-11H. The highest BCUT2D eigenvalue weighted by atomic mass is 32.2. The molecule has 0 unspecified atom stereocenters. The Labute approximate surface area is 105 Å². The van der Waals surface area contributed by atoms with Crippen molar-refractivity contribution in [3.63, 3.8) is 0 Å². The predicted molar refractivity (Wildman–Crippen MR) is 74.9 cm³/mol. The number of hydrogen-bond acceptors (Lipinski definition) is 2. The van der Waals surface area contributed by atoms with E-state index in [1.165, 1.54) is 15.4 Å². The van der Waals surface area contributed by atoms with Gasteiger partial charge in [-0.05, 0) is 23.8 Å². The number of allylic oxidation sites excluding steroid dienone is 1. The van der Waals surface area contributed by atoms with Crippen LogP contribution in [0, 0.1) is 0 Å². The van der Waals surface area contributed by atoms with Crippen molar-refractivity contribution in [1.29, 1.82) is 0 Å². The summed E-state index contributed by atoms with van der Waals surface area (Å²) in [5.74, 6) is 0. The van der Waals surface area contributed by atoms with Crippen LogP contribution < -0.4 is 0 Å². The minimum Gasteiger partial charge on any atom is -0.255 e. The quantitative estimate of drug-likeness (QED) is 0.709. The van der Waals surface area contributed by atoms with E-state index in [-0.39, 0.29) is 0 Å². The Morgan fingerprint density at radius 3 is 2.53 bits per heavy atom. The van der Waals surface area contributed by atoms with E-state index in [9.17, 15) is 0 Å². The zero-order valence-electron chi connectivity index (χ0n) is 9.21. The lowest BCUT2D eigenvalue weighted by molar-refractivity contribution is 1.38. The zero-order chi connectivity index (χ0) is 11.5. The molecule has 0 saturated heterocycles. The van der Waals surface area contributed by atoms with Gasteiger partial charge < -0.3 is 0 Å². The van der Waals surface area contributed by atoms with E-state index in [1.54, 1.807) is 11.8 Å². The van der Waals surface area contributed by atoms with Gasteiger partial charge in [0.2, 0.25) is 0 Å². The third-order valence-electron chi connectivity index (χ3n) is 2.53. The number of para-hydroxylation sites is 1. The number of thioether (sulfide) groups is 1. The summed E-state index contributed by atoms with van der Waals surface area (Å²) in [4.78, 5) is 6.85. The lowest BCUT2D eigenvalue weighted by Gasteiger charge is -2.10. The first-order valence-corrected chi connectivity index (χ1v) is 6.31. The molecule has 0 atom stereocenters. The van der Waals surface area contributed by atoms with Crippen molar-refractivity contribution in [1.82, 2.24) is 0 Å². The van der Waals surface area contributed by atoms with E-state index in [0.29, 0.717) is 0 Å². The minimum atomic E-state index is 1.06. The lowest BCUT2D eigenvalue weighted by Crippen LogP contribution is -1.87. The van der Waals surface area contributed by atoms with Crippen LogP contribution in [0.4, 0.5) is 5.69 Å². The Bertz CT molecular complexity index is 585. The highest BCUT2D eigenvalue weighted by Crippen LogP contribution is 2.38. The molecule has 0 saturated carbocycles. The van der Waals surface area contributed by atoms with Gasteiger partial charge in [-0.15, -0.1) is 0 Å². The van der Waals surface area contributed by atoms with Crippen molar-refractivity contribution < 1.29 is 0 Å². The molecule has 0 bridgehead atoms. The summed E-state index contributed by atoms with van der Waals surface area (Å²) in [6.45, 7) is 0. The van der Waals surface area contributed by atoms with Crippen LogP contribution >= 0.6 is 11.8 Å². The first-order valence-electron chi connectivity index (χ1n) is 5.49. The van der Waals surface area contributed by atoms with Crippen molar-refractivity contribution in [2.45, 2.75) is 4.90 Å². The molecule has 1 nitrogen and oxygen atoms in total. The molecule has 2 aromatic rings. The van der Waals surface area contributed by atoms with Crippen LogP contribution in [0.3, 0.4) is 0 Å². The van der Waals surface area contributed by atoms with Crippen LogP contribution in [0.2, 0.25) is 0 Å². The van der Waals surface area contributed by atoms with Crippen LogP contribution in [0.25, 0.3) is 6.08 Å². The van der Waals surface area contributed by atoms with E-state index in [4.69, 9.17) is 0 Å². The van der Waals surface area contributed by atoms with Crippen molar-refractivity contribution >= 4 is 29.7 Å². The van der Waals surface area contributed by atoms with E-state index in [0.717, 1.165) is 5.69 Å². The molecule has 0 spiro atoms. The summed E-state index contributed by atoms with van der Waals surface area (Å²) >= 11 is 1.76. The van der Waals surface area contributed by atoms with E-state index in [2.05, 4.69) is 29.3 Å². The molecule has 1 aliphatic heterocycles. The molecule has 2 aromatic carbocycles. The molecule has 0 amide bonds. The average molecular weight is 237 g/mol. The first kappa shape index (κ1) is 10.4. The van der Waals surface area contributed by atoms with Gasteiger partial charge in [-0.2, -0.15) is 0 Å². The SMILES string of the molecule is C1=Nc2ccccc2SC1=Cc1ccccc1. The molecular weight excluding hydrogens is 226 g/mol. The largest absolute Gasteiger partial charge is 0.255 e. The second-order valence-corrected chi connectivity index (χ2v) is 4.90. The van der Waals surface area contributed by atoms with Gasteiger partial charge in [0.1, 0.15) is 0 Å². The molecule has 0 aliphatic carbocycles. The van der Waals surface area contributed by atoms with E-state index >= 15 is 0 Å². The summed E-state index contributed by atoms with van der Waals surface area (Å²) in [6.07, 6.45) is 4.09. The van der Waals surface area contributed by atoms with E-state index in [1.807, 2.05) is 42.6 Å². The van der Waals surface area contributed by atoms with Crippen LogP contribution in [0.5, 0.6) is 0 Å². The van der Waals surface area contributed by atoms with Crippen LogP contribution in [-0.2, 0) is 0 Å². The smallest absolute Gasteiger partial charge is 0.0769 e. The second kappa shape index (κ2) is 4.60. The molecule has 17 heavy (non-hydrogen) atoms. The Morgan fingerprint density at radius 2 is 1.65 bits per heavy atom. The topological polar surface area (TPSA) is 12.4 Å². The van der Waals surface area contributed by atoms with Gasteiger partial charge in [0.25, 0.3) is 0 Å². The minimum absolute atomic E-state index is 1.06. The number of nitrogens with zero attached hydrogens (tertiary/aromatic N) is 1.